The molecule has 0 aromatic carbocycles. The molecular weight excluding hydrogens is 172 g/mol. The standard InChI is InChI=1S/C8H12N2O3/c1-4-5-6(7(11)12)9-8(13)10(2)3/h1,6H,5H2,2-3H3,(H,9,13)(H,11,12). The van der Waals surface area contributed by atoms with Crippen molar-refractivity contribution in [1.29, 1.82) is 0 Å². The van der Waals surface area contributed by atoms with E-state index in [1.807, 2.05) is 0 Å². The SMILES string of the molecule is C#CCC(NC(=O)N(C)C)C(=O)O. The van der Waals surface area contributed by atoms with Crippen LogP contribution in [0.1, 0.15) is 6.42 Å². The molecule has 0 aromatic rings. The minimum Gasteiger partial charge on any atom is -0.480 e. The number of hydrogen-bond acceptors (Lipinski definition) is 2. The van der Waals surface area contributed by atoms with E-state index in [0.29, 0.717) is 0 Å². The lowest BCUT2D eigenvalue weighted by atomic mass is 10.2. The summed E-state index contributed by atoms with van der Waals surface area (Å²) in [6.45, 7) is 0. The lowest BCUT2D eigenvalue weighted by molar-refractivity contribution is -0.139. The van der Waals surface area contributed by atoms with Crippen LogP contribution in [-0.2, 0) is 4.79 Å². The van der Waals surface area contributed by atoms with E-state index >= 15 is 0 Å². The van der Waals surface area contributed by atoms with Crippen LogP contribution in [-0.4, -0.2) is 42.1 Å². The van der Waals surface area contributed by atoms with Crippen molar-refractivity contribution in [2.75, 3.05) is 14.1 Å². The van der Waals surface area contributed by atoms with E-state index in [2.05, 4.69) is 11.2 Å². The number of nitrogens with one attached hydrogen (secondary N) is 1. The van der Waals surface area contributed by atoms with E-state index in [-0.39, 0.29) is 6.42 Å². The van der Waals surface area contributed by atoms with Gasteiger partial charge in [0.15, 0.2) is 0 Å². The van der Waals surface area contributed by atoms with Gasteiger partial charge in [0.05, 0.1) is 0 Å². The van der Waals surface area contributed by atoms with Gasteiger partial charge in [0, 0.05) is 20.5 Å². The largest absolute Gasteiger partial charge is 0.480 e. The summed E-state index contributed by atoms with van der Waals surface area (Å²) < 4.78 is 0. The molecule has 0 heterocycles. The van der Waals surface area contributed by atoms with Crippen molar-refractivity contribution in [3.05, 3.63) is 0 Å². The molecule has 72 valence electrons. The maximum atomic E-state index is 11.0. The zero-order valence-corrected chi connectivity index (χ0v) is 7.57. The summed E-state index contributed by atoms with van der Waals surface area (Å²) in [5.41, 5.74) is 0. The number of carbonyl (C=O) groups is 2. The molecule has 0 rings (SSSR count). The van der Waals surface area contributed by atoms with Gasteiger partial charge in [-0.25, -0.2) is 9.59 Å². The highest BCUT2D eigenvalue weighted by Crippen LogP contribution is 1.92. The summed E-state index contributed by atoms with van der Waals surface area (Å²) in [7, 11) is 3.04. The molecule has 1 atom stereocenters. The Hall–Kier alpha value is -1.70. The van der Waals surface area contributed by atoms with Gasteiger partial charge in [0.1, 0.15) is 6.04 Å². The number of carboxylic acid groups (broad SMARTS) is 1. The number of carbonyl (C=O) groups excluding carboxylic acids is 1. The van der Waals surface area contributed by atoms with Crippen LogP contribution < -0.4 is 5.32 Å². The fraction of sp³-hybridized carbons (Fsp3) is 0.500. The van der Waals surface area contributed by atoms with Gasteiger partial charge in [-0.2, -0.15) is 0 Å². The average Bonchev–Trinajstić information content (AvgIpc) is 2.03. The van der Waals surface area contributed by atoms with Gasteiger partial charge in [0.25, 0.3) is 0 Å². The van der Waals surface area contributed by atoms with Crippen molar-refractivity contribution in [3.8, 4) is 12.3 Å². The molecule has 0 spiro atoms. The number of terminal acetylenes is 1. The molecule has 0 aromatic heterocycles. The van der Waals surface area contributed by atoms with E-state index in [0.717, 1.165) is 0 Å². The van der Waals surface area contributed by atoms with Gasteiger partial charge in [-0.3, -0.25) is 0 Å². The Bertz CT molecular complexity index is 242. The minimum atomic E-state index is -1.13. The molecule has 2 N–H and O–H groups in total. The predicted octanol–water partition coefficient (Wildman–Crippen LogP) is -0.266. The normalized spacial score (nSPS) is 11.2. The summed E-state index contributed by atoms with van der Waals surface area (Å²) in [6, 6.07) is -1.48. The highest BCUT2D eigenvalue weighted by Gasteiger charge is 2.19. The van der Waals surface area contributed by atoms with Gasteiger partial charge in [-0.05, 0) is 0 Å². The minimum absolute atomic E-state index is 0.0189. The maximum absolute atomic E-state index is 11.0. The molecule has 0 fully saturated rings. The fourth-order valence-corrected chi connectivity index (χ4v) is 0.596. The average molecular weight is 184 g/mol. The van der Waals surface area contributed by atoms with Crippen LogP contribution in [0.15, 0.2) is 0 Å². The molecule has 13 heavy (non-hydrogen) atoms. The number of hydrogen-bond donors (Lipinski definition) is 2. The van der Waals surface area contributed by atoms with Gasteiger partial charge >= 0.3 is 12.0 Å². The summed E-state index contributed by atoms with van der Waals surface area (Å²) in [6.07, 6.45) is 4.92. The number of amides is 2. The molecule has 0 radical (unpaired) electrons. The van der Waals surface area contributed by atoms with Crippen LogP contribution in [0.25, 0.3) is 0 Å². The maximum Gasteiger partial charge on any atom is 0.327 e. The van der Waals surface area contributed by atoms with Crippen molar-refractivity contribution < 1.29 is 14.7 Å². The zero-order valence-electron chi connectivity index (χ0n) is 7.57. The van der Waals surface area contributed by atoms with E-state index < -0.39 is 18.0 Å². The third-order valence-electron chi connectivity index (χ3n) is 1.32. The quantitative estimate of drug-likeness (QED) is 0.593. The Kier molecular flexibility index (Phi) is 4.38. The summed E-state index contributed by atoms with van der Waals surface area (Å²) in [5.74, 6) is 1.05. The number of urea groups is 1. The van der Waals surface area contributed by atoms with Crippen LogP contribution in [0.3, 0.4) is 0 Å². The van der Waals surface area contributed by atoms with E-state index in [1.165, 1.54) is 19.0 Å². The van der Waals surface area contributed by atoms with Gasteiger partial charge in [-0.15, -0.1) is 12.3 Å². The molecule has 0 aliphatic heterocycles. The van der Waals surface area contributed by atoms with Crippen molar-refractivity contribution in [2.45, 2.75) is 12.5 Å². The van der Waals surface area contributed by atoms with Crippen molar-refractivity contribution in [2.24, 2.45) is 0 Å². The second-order valence-corrected chi connectivity index (χ2v) is 2.64. The number of aliphatic carboxylic acids is 1. The number of nitrogens with zero attached hydrogens (tertiary/aromatic N) is 1. The molecule has 0 aliphatic rings. The molecule has 5 nitrogen and oxygen atoms in total. The molecule has 0 aliphatic carbocycles. The molecule has 2 amide bonds. The van der Waals surface area contributed by atoms with Crippen LogP contribution in [0.4, 0.5) is 4.79 Å². The Morgan fingerprint density at radius 1 is 1.62 bits per heavy atom. The fourth-order valence-electron chi connectivity index (χ4n) is 0.596. The Morgan fingerprint density at radius 2 is 2.15 bits per heavy atom. The molecule has 5 heteroatoms. The Morgan fingerprint density at radius 3 is 2.46 bits per heavy atom. The molecule has 0 saturated carbocycles. The summed E-state index contributed by atoms with van der Waals surface area (Å²) >= 11 is 0. The summed E-state index contributed by atoms with van der Waals surface area (Å²) in [4.78, 5) is 22.8. The first kappa shape index (κ1) is 11.3. The molecular formula is C8H12N2O3. The van der Waals surface area contributed by atoms with Crippen LogP contribution >= 0.6 is 0 Å². The van der Waals surface area contributed by atoms with E-state index in [1.54, 1.807) is 0 Å². The third kappa shape index (κ3) is 4.01. The lowest BCUT2D eigenvalue weighted by Crippen LogP contribution is -2.45. The Labute approximate surface area is 76.7 Å². The van der Waals surface area contributed by atoms with Gasteiger partial charge < -0.3 is 15.3 Å². The first-order valence-corrected chi connectivity index (χ1v) is 3.63. The first-order chi connectivity index (χ1) is 5.99. The Balaban J connectivity index is 4.20. The zero-order chi connectivity index (χ0) is 10.4. The van der Waals surface area contributed by atoms with E-state index in [9.17, 15) is 9.59 Å². The van der Waals surface area contributed by atoms with Crippen LogP contribution in [0.5, 0.6) is 0 Å². The smallest absolute Gasteiger partial charge is 0.327 e. The van der Waals surface area contributed by atoms with Crippen molar-refractivity contribution >= 4 is 12.0 Å². The first-order valence-electron chi connectivity index (χ1n) is 3.63. The monoisotopic (exact) mass is 184 g/mol. The lowest BCUT2D eigenvalue weighted by Gasteiger charge is -2.16. The van der Waals surface area contributed by atoms with Crippen molar-refractivity contribution in [1.82, 2.24) is 10.2 Å². The second kappa shape index (κ2) is 5.04. The third-order valence-corrected chi connectivity index (χ3v) is 1.32. The predicted molar refractivity (Wildman–Crippen MR) is 47.1 cm³/mol. The van der Waals surface area contributed by atoms with Gasteiger partial charge in [-0.1, -0.05) is 0 Å². The topological polar surface area (TPSA) is 69.6 Å². The number of carboxylic acids is 1. The summed E-state index contributed by atoms with van der Waals surface area (Å²) in [5, 5.41) is 10.9. The van der Waals surface area contributed by atoms with Crippen LogP contribution in [0, 0.1) is 12.3 Å². The van der Waals surface area contributed by atoms with Gasteiger partial charge in [0.2, 0.25) is 0 Å². The molecule has 0 bridgehead atoms. The van der Waals surface area contributed by atoms with Crippen LogP contribution in [0.2, 0.25) is 0 Å². The van der Waals surface area contributed by atoms with E-state index in [4.69, 9.17) is 11.5 Å². The second-order valence-electron chi connectivity index (χ2n) is 2.64. The highest BCUT2D eigenvalue weighted by atomic mass is 16.4. The molecule has 1 unspecified atom stereocenters. The number of rotatable bonds is 3. The molecule has 0 saturated heterocycles. The highest BCUT2D eigenvalue weighted by molar-refractivity contribution is 5.82. The van der Waals surface area contributed by atoms with Crippen molar-refractivity contribution in [3.63, 3.8) is 0 Å².